The molecular weight excluding hydrogens is 497 g/mol. The molecule has 198 valence electrons. The van der Waals surface area contributed by atoms with Crippen LogP contribution in [0.25, 0.3) is 22.2 Å². The molecule has 0 spiro atoms. The van der Waals surface area contributed by atoms with Gasteiger partial charge in [-0.25, -0.2) is 22.3 Å². The molecule has 1 heterocycles. The van der Waals surface area contributed by atoms with Crippen molar-refractivity contribution in [2.24, 2.45) is 5.73 Å². The van der Waals surface area contributed by atoms with Crippen LogP contribution in [0.15, 0.2) is 40.0 Å². The number of aromatic carboxylic acids is 1. The fourth-order valence-electron chi connectivity index (χ4n) is 4.99. The van der Waals surface area contributed by atoms with Crippen LogP contribution >= 0.6 is 0 Å². The maximum absolute atomic E-state index is 14.0. The van der Waals surface area contributed by atoms with Gasteiger partial charge in [0.1, 0.15) is 11.4 Å². The summed E-state index contributed by atoms with van der Waals surface area (Å²) in [5.74, 6) is -2.03. The second-order valence-electron chi connectivity index (χ2n) is 9.66. The molecule has 0 radical (unpaired) electrons. The van der Waals surface area contributed by atoms with E-state index < -0.39 is 32.8 Å². The molecule has 2 aromatic carbocycles. The number of benzene rings is 2. The summed E-state index contributed by atoms with van der Waals surface area (Å²) in [5, 5.41) is 10.1. The molecule has 0 atom stereocenters. The largest absolute Gasteiger partial charge is 0.477 e. The van der Waals surface area contributed by atoms with E-state index in [1.165, 1.54) is 12.1 Å². The van der Waals surface area contributed by atoms with Crippen LogP contribution in [-0.2, 0) is 10.0 Å². The number of sulfonamides is 1. The summed E-state index contributed by atoms with van der Waals surface area (Å²) in [5.41, 5.74) is 6.26. The molecule has 0 aliphatic heterocycles. The highest BCUT2D eigenvalue weighted by atomic mass is 32.2. The predicted octanol–water partition coefficient (Wildman–Crippen LogP) is 4.25. The number of carbonyl (C=O) groups is 1. The number of rotatable bonds is 11. The van der Waals surface area contributed by atoms with Gasteiger partial charge in [0, 0.05) is 18.0 Å². The van der Waals surface area contributed by atoms with Crippen molar-refractivity contribution in [3.63, 3.8) is 0 Å². The topological polar surface area (TPSA) is 131 Å². The lowest BCUT2D eigenvalue weighted by Gasteiger charge is -2.21. The fraction of sp³-hybridized carbons (Fsp3) is 0.407. The van der Waals surface area contributed by atoms with Crippen LogP contribution < -0.4 is 15.9 Å². The van der Waals surface area contributed by atoms with Gasteiger partial charge in [0.2, 0.25) is 15.5 Å². The van der Waals surface area contributed by atoms with Gasteiger partial charge < -0.3 is 15.4 Å². The van der Waals surface area contributed by atoms with E-state index in [2.05, 4.69) is 4.72 Å². The maximum atomic E-state index is 14.0. The van der Waals surface area contributed by atoms with E-state index in [0.29, 0.717) is 41.7 Å². The Hall–Kier alpha value is -3.08. The molecule has 3 aromatic rings. The van der Waals surface area contributed by atoms with Gasteiger partial charge in [0.05, 0.1) is 16.1 Å². The van der Waals surface area contributed by atoms with E-state index in [4.69, 9.17) is 5.73 Å². The Balaban J connectivity index is 1.82. The molecule has 1 aliphatic rings. The zero-order valence-corrected chi connectivity index (χ0v) is 21.8. The number of carboxylic acids is 1. The Kier molecular flexibility index (Phi) is 7.82. The highest BCUT2D eigenvalue weighted by Crippen LogP contribution is 2.42. The molecular formula is C27H32FN3O5S. The molecule has 1 aromatic heterocycles. The molecule has 37 heavy (non-hydrogen) atoms. The third-order valence-corrected chi connectivity index (χ3v) is 8.48. The monoisotopic (exact) mass is 529 g/mol. The number of fused-ring (bicyclic) bond motifs is 1. The van der Waals surface area contributed by atoms with Crippen LogP contribution in [0.4, 0.5) is 4.39 Å². The number of nitrogens with zero attached hydrogens (tertiary/aromatic N) is 1. The van der Waals surface area contributed by atoms with Gasteiger partial charge in [-0.05, 0) is 93.1 Å². The third kappa shape index (κ3) is 5.46. The summed E-state index contributed by atoms with van der Waals surface area (Å²) in [6, 6.07) is 7.00. The Morgan fingerprint density at radius 2 is 1.76 bits per heavy atom. The highest BCUT2D eigenvalue weighted by Gasteiger charge is 2.32. The van der Waals surface area contributed by atoms with E-state index in [-0.39, 0.29) is 22.0 Å². The van der Waals surface area contributed by atoms with Gasteiger partial charge in [-0.3, -0.25) is 4.79 Å². The SMILES string of the molecule is Cc1cc(-c2c(C(=O)O)c(=O)c3cc(F)ccc3n2C2CC2)cc(C)c1S(=O)(=O)NCCCCCCN. The van der Waals surface area contributed by atoms with Crippen LogP contribution in [-0.4, -0.2) is 37.2 Å². The van der Waals surface area contributed by atoms with Crippen LogP contribution in [0, 0.1) is 19.7 Å². The number of carboxylic acid groups (broad SMARTS) is 1. The standard InChI is InChI=1S/C27H32FN3O5S/c1-16-13-18(14-17(2)26(16)37(35,36)30-12-6-4-3-5-11-29)24-23(27(33)34)25(32)21-15-19(28)7-10-22(21)31(24)20-8-9-20/h7,10,13-15,20,30H,3-6,8-9,11-12,29H2,1-2H3,(H,33,34). The first kappa shape index (κ1) is 27.0. The van der Waals surface area contributed by atoms with Crippen molar-refractivity contribution in [3.05, 3.63) is 63.1 Å². The summed E-state index contributed by atoms with van der Waals surface area (Å²) < 4.78 is 44.7. The van der Waals surface area contributed by atoms with Crippen molar-refractivity contribution in [3.8, 4) is 11.3 Å². The zero-order valence-electron chi connectivity index (χ0n) is 21.0. The summed E-state index contributed by atoms with van der Waals surface area (Å²) in [6.07, 6.45) is 5.00. The molecule has 0 bridgehead atoms. The van der Waals surface area contributed by atoms with Crippen LogP contribution in [0.3, 0.4) is 0 Å². The Morgan fingerprint density at radius 1 is 1.11 bits per heavy atom. The van der Waals surface area contributed by atoms with Crippen LogP contribution in [0.1, 0.15) is 66.1 Å². The van der Waals surface area contributed by atoms with Gasteiger partial charge in [-0.15, -0.1) is 0 Å². The maximum Gasteiger partial charge on any atom is 0.341 e. The first-order valence-electron chi connectivity index (χ1n) is 12.5. The smallest absolute Gasteiger partial charge is 0.341 e. The second-order valence-corrected chi connectivity index (χ2v) is 11.4. The average Bonchev–Trinajstić information content (AvgIpc) is 3.65. The third-order valence-electron chi connectivity index (χ3n) is 6.72. The summed E-state index contributed by atoms with van der Waals surface area (Å²) in [6.45, 7) is 4.23. The molecule has 0 saturated heterocycles. The van der Waals surface area contributed by atoms with Crippen molar-refractivity contribution >= 4 is 26.9 Å². The average molecular weight is 530 g/mol. The number of halogens is 1. The fourth-order valence-corrected chi connectivity index (χ4v) is 6.51. The van der Waals surface area contributed by atoms with Gasteiger partial charge in [0.25, 0.3) is 0 Å². The van der Waals surface area contributed by atoms with Crippen molar-refractivity contribution in [2.75, 3.05) is 13.1 Å². The Morgan fingerprint density at radius 3 is 2.35 bits per heavy atom. The first-order chi connectivity index (χ1) is 17.6. The highest BCUT2D eigenvalue weighted by molar-refractivity contribution is 7.89. The number of aromatic nitrogens is 1. The minimum atomic E-state index is -3.80. The molecule has 8 nitrogen and oxygen atoms in total. The summed E-state index contributed by atoms with van der Waals surface area (Å²) in [7, 11) is -3.80. The number of unbranched alkanes of at least 4 members (excludes halogenated alkanes) is 3. The van der Waals surface area contributed by atoms with Crippen LogP contribution in [0.2, 0.25) is 0 Å². The molecule has 4 N–H and O–H groups in total. The number of nitrogens with one attached hydrogen (secondary N) is 1. The van der Waals surface area contributed by atoms with Crippen molar-refractivity contribution in [1.82, 2.24) is 9.29 Å². The molecule has 0 unspecified atom stereocenters. The molecule has 0 amide bonds. The molecule has 10 heteroatoms. The van der Waals surface area contributed by atoms with Crippen molar-refractivity contribution in [2.45, 2.75) is 63.3 Å². The second kappa shape index (κ2) is 10.7. The minimum absolute atomic E-state index is 0.0105. The van der Waals surface area contributed by atoms with Gasteiger partial charge in [-0.1, -0.05) is 12.8 Å². The van der Waals surface area contributed by atoms with Crippen LogP contribution in [0.5, 0.6) is 0 Å². The number of hydrogen-bond acceptors (Lipinski definition) is 5. The van der Waals surface area contributed by atoms with Crippen molar-refractivity contribution in [1.29, 1.82) is 0 Å². The lowest BCUT2D eigenvalue weighted by Crippen LogP contribution is -2.26. The van der Waals surface area contributed by atoms with E-state index in [0.717, 1.165) is 38.2 Å². The number of aryl methyl sites for hydroxylation is 2. The van der Waals surface area contributed by atoms with Crippen molar-refractivity contribution < 1.29 is 22.7 Å². The molecule has 4 rings (SSSR count). The Bertz CT molecular complexity index is 1500. The summed E-state index contributed by atoms with van der Waals surface area (Å²) in [4.78, 5) is 25.7. The van der Waals surface area contributed by atoms with E-state index in [1.807, 2.05) is 0 Å². The lowest BCUT2D eigenvalue weighted by atomic mass is 9.98. The molecule has 1 fully saturated rings. The molecule has 1 aliphatic carbocycles. The zero-order chi connectivity index (χ0) is 26.9. The number of hydrogen-bond donors (Lipinski definition) is 3. The minimum Gasteiger partial charge on any atom is -0.477 e. The van der Waals surface area contributed by atoms with Gasteiger partial charge in [-0.2, -0.15) is 0 Å². The van der Waals surface area contributed by atoms with Gasteiger partial charge >= 0.3 is 5.97 Å². The lowest BCUT2D eigenvalue weighted by molar-refractivity contribution is 0.0695. The van der Waals surface area contributed by atoms with Gasteiger partial charge in [0.15, 0.2) is 0 Å². The normalized spacial score (nSPS) is 13.8. The number of nitrogens with two attached hydrogens (primary N) is 1. The predicted molar refractivity (Wildman–Crippen MR) is 141 cm³/mol. The number of pyridine rings is 1. The quantitative estimate of drug-likeness (QED) is 0.318. The van der Waals surface area contributed by atoms with E-state index in [1.54, 1.807) is 30.5 Å². The summed E-state index contributed by atoms with van der Waals surface area (Å²) >= 11 is 0. The molecule has 1 saturated carbocycles. The Labute approximate surface area is 215 Å². The van der Waals surface area contributed by atoms with E-state index in [9.17, 15) is 27.5 Å². The van der Waals surface area contributed by atoms with E-state index >= 15 is 0 Å². The first-order valence-corrected chi connectivity index (χ1v) is 14.0.